The third-order valence-electron chi connectivity index (χ3n) is 3.83. The zero-order valence-corrected chi connectivity index (χ0v) is 13.6. The lowest BCUT2D eigenvalue weighted by Crippen LogP contribution is -2.22. The van der Waals surface area contributed by atoms with Gasteiger partial charge in [-0.2, -0.15) is 0 Å². The highest BCUT2D eigenvalue weighted by Crippen LogP contribution is 2.33. The Morgan fingerprint density at radius 1 is 1.22 bits per heavy atom. The molecule has 0 fully saturated rings. The summed E-state index contributed by atoms with van der Waals surface area (Å²) in [7, 11) is 4.54. The van der Waals surface area contributed by atoms with Crippen molar-refractivity contribution in [1.82, 2.24) is 5.32 Å². The molecule has 0 aromatic heterocycles. The Morgan fingerprint density at radius 2 is 1.91 bits per heavy atom. The van der Waals surface area contributed by atoms with Gasteiger partial charge < -0.3 is 20.1 Å². The van der Waals surface area contributed by atoms with Crippen LogP contribution in [0.3, 0.4) is 0 Å². The van der Waals surface area contributed by atoms with E-state index in [-0.39, 0.29) is 17.7 Å². The number of hydrogen-bond acceptors (Lipinski definition) is 4. The monoisotopic (exact) mass is 318 g/mol. The summed E-state index contributed by atoms with van der Waals surface area (Å²) in [5, 5.41) is 5.37. The maximum Gasteiger partial charge on any atom is 0.253 e. The number of amides is 2. The molecule has 1 aromatic rings. The number of nitrogens with one attached hydrogen (secondary N) is 2. The van der Waals surface area contributed by atoms with E-state index in [4.69, 9.17) is 9.47 Å². The maximum atomic E-state index is 12.2. The molecule has 23 heavy (non-hydrogen) atoms. The van der Waals surface area contributed by atoms with Crippen LogP contribution in [-0.2, 0) is 4.79 Å². The molecule has 1 aliphatic rings. The number of hydrogen-bond donors (Lipinski definition) is 2. The van der Waals surface area contributed by atoms with Crippen molar-refractivity contribution in [3.05, 3.63) is 29.8 Å². The highest BCUT2D eigenvalue weighted by atomic mass is 16.5. The lowest BCUT2D eigenvalue weighted by atomic mass is 10.0. The van der Waals surface area contributed by atoms with Gasteiger partial charge >= 0.3 is 0 Å². The molecule has 1 atom stereocenters. The van der Waals surface area contributed by atoms with Gasteiger partial charge in [-0.25, -0.2) is 0 Å². The Morgan fingerprint density at radius 3 is 2.48 bits per heavy atom. The van der Waals surface area contributed by atoms with E-state index in [9.17, 15) is 9.59 Å². The van der Waals surface area contributed by atoms with Crippen LogP contribution in [0.2, 0.25) is 0 Å². The quantitative estimate of drug-likeness (QED) is 0.790. The summed E-state index contributed by atoms with van der Waals surface area (Å²) in [6, 6.07) is 3.16. The zero-order chi connectivity index (χ0) is 16.8. The predicted molar refractivity (Wildman–Crippen MR) is 88.0 cm³/mol. The molecule has 0 saturated carbocycles. The molecule has 2 rings (SSSR count). The lowest BCUT2D eigenvalue weighted by molar-refractivity contribution is -0.116. The number of methoxy groups -OCH3 is 2. The van der Waals surface area contributed by atoms with Gasteiger partial charge in [0.15, 0.2) is 11.5 Å². The van der Waals surface area contributed by atoms with Gasteiger partial charge in [0.2, 0.25) is 5.91 Å². The third-order valence-corrected chi connectivity index (χ3v) is 3.83. The summed E-state index contributed by atoms with van der Waals surface area (Å²) in [5.41, 5.74) is 0.745. The molecule has 6 nitrogen and oxygen atoms in total. The van der Waals surface area contributed by atoms with E-state index in [1.54, 1.807) is 12.1 Å². The summed E-state index contributed by atoms with van der Waals surface area (Å²) in [4.78, 5) is 24.3. The lowest BCUT2D eigenvalue weighted by Gasteiger charge is -2.15. The van der Waals surface area contributed by atoms with Crippen molar-refractivity contribution < 1.29 is 19.1 Å². The largest absolute Gasteiger partial charge is 0.493 e. The molecule has 1 aromatic carbocycles. The number of ether oxygens (including phenoxy) is 2. The van der Waals surface area contributed by atoms with Gasteiger partial charge in [-0.3, -0.25) is 9.59 Å². The average molecular weight is 318 g/mol. The Bertz CT molecular complexity index is 625. The topological polar surface area (TPSA) is 76.7 Å². The molecule has 1 aliphatic carbocycles. The first-order valence-corrected chi connectivity index (χ1v) is 7.53. The Labute approximate surface area is 135 Å². The molecule has 0 spiro atoms. The van der Waals surface area contributed by atoms with Gasteiger partial charge in [-0.05, 0) is 24.8 Å². The molecule has 6 heteroatoms. The highest BCUT2D eigenvalue weighted by Gasteiger charge is 2.19. The average Bonchev–Trinajstić information content (AvgIpc) is 3.06. The van der Waals surface area contributed by atoms with Crippen LogP contribution < -0.4 is 20.1 Å². The molecule has 0 heterocycles. The molecule has 2 N–H and O–H groups in total. The van der Waals surface area contributed by atoms with Crippen LogP contribution in [0.5, 0.6) is 11.5 Å². The van der Waals surface area contributed by atoms with Crippen LogP contribution in [0.4, 0.5) is 5.69 Å². The summed E-state index contributed by atoms with van der Waals surface area (Å²) in [6.45, 7) is 0. The van der Waals surface area contributed by atoms with E-state index in [2.05, 4.69) is 22.8 Å². The minimum atomic E-state index is -0.304. The van der Waals surface area contributed by atoms with E-state index in [0.29, 0.717) is 29.2 Å². The molecule has 0 aliphatic heterocycles. The molecule has 0 bridgehead atoms. The fourth-order valence-electron chi connectivity index (χ4n) is 2.61. The van der Waals surface area contributed by atoms with Gasteiger partial charge in [0, 0.05) is 19.5 Å². The normalized spacial score (nSPS) is 16.0. The molecule has 1 unspecified atom stereocenters. The molecule has 0 radical (unpaired) electrons. The molecule has 2 amide bonds. The third kappa shape index (κ3) is 4.03. The van der Waals surface area contributed by atoms with Gasteiger partial charge in [0.05, 0.1) is 25.5 Å². The number of carbonyl (C=O) groups excluding carboxylic acids is 2. The first-order chi connectivity index (χ1) is 11.1. The van der Waals surface area contributed by atoms with E-state index < -0.39 is 0 Å². The Balaban J connectivity index is 2.25. The van der Waals surface area contributed by atoms with Gasteiger partial charge in [0.25, 0.3) is 5.91 Å². The number of carbonyl (C=O) groups is 2. The standard InChI is InChI=1S/C17H22N2O4/c1-18-17(21)12-9-14(22-2)15(23-3)10-13(12)19-16(20)8-11-6-4-5-7-11/h4,6,9-11H,5,7-8H2,1-3H3,(H,18,21)(H,19,20). The fourth-order valence-corrected chi connectivity index (χ4v) is 2.61. The van der Waals surface area contributed by atoms with Gasteiger partial charge in [-0.15, -0.1) is 0 Å². The van der Waals surface area contributed by atoms with Gasteiger partial charge in [-0.1, -0.05) is 12.2 Å². The van der Waals surface area contributed by atoms with Crippen LogP contribution in [0.15, 0.2) is 24.3 Å². The molecule has 0 saturated heterocycles. The van der Waals surface area contributed by atoms with Crippen molar-refractivity contribution in [3.63, 3.8) is 0 Å². The highest BCUT2D eigenvalue weighted by molar-refractivity contribution is 6.04. The van der Waals surface area contributed by atoms with Crippen molar-refractivity contribution in [1.29, 1.82) is 0 Å². The van der Waals surface area contributed by atoms with E-state index in [0.717, 1.165) is 12.8 Å². The molecule has 124 valence electrons. The van der Waals surface area contributed by atoms with Crippen LogP contribution in [0.1, 0.15) is 29.6 Å². The zero-order valence-electron chi connectivity index (χ0n) is 13.6. The number of benzene rings is 1. The molecular formula is C17H22N2O4. The van der Waals surface area contributed by atoms with Crippen LogP contribution in [0.25, 0.3) is 0 Å². The van der Waals surface area contributed by atoms with E-state index in [1.165, 1.54) is 21.3 Å². The first-order valence-electron chi connectivity index (χ1n) is 7.53. The minimum absolute atomic E-state index is 0.126. The minimum Gasteiger partial charge on any atom is -0.493 e. The van der Waals surface area contributed by atoms with Crippen LogP contribution in [-0.4, -0.2) is 33.1 Å². The smallest absolute Gasteiger partial charge is 0.253 e. The van der Waals surface area contributed by atoms with Crippen molar-refractivity contribution in [2.75, 3.05) is 26.6 Å². The van der Waals surface area contributed by atoms with E-state index in [1.807, 2.05) is 0 Å². The first kappa shape index (κ1) is 16.9. The van der Waals surface area contributed by atoms with Crippen molar-refractivity contribution in [2.24, 2.45) is 5.92 Å². The summed E-state index contributed by atoms with van der Waals surface area (Å²) >= 11 is 0. The molecular weight excluding hydrogens is 296 g/mol. The van der Waals surface area contributed by atoms with Crippen molar-refractivity contribution in [2.45, 2.75) is 19.3 Å². The Kier molecular flexibility index (Phi) is 5.62. The SMILES string of the molecule is CNC(=O)c1cc(OC)c(OC)cc1NC(=O)CC1C=CCC1. The fraction of sp³-hybridized carbons (Fsp3) is 0.412. The van der Waals surface area contributed by atoms with Crippen molar-refractivity contribution >= 4 is 17.5 Å². The number of allylic oxidation sites excluding steroid dienone is 2. The summed E-state index contributed by atoms with van der Waals surface area (Å²) in [6.07, 6.45) is 6.55. The number of rotatable bonds is 6. The number of anilines is 1. The summed E-state index contributed by atoms with van der Waals surface area (Å²) < 4.78 is 10.5. The maximum absolute atomic E-state index is 12.2. The van der Waals surface area contributed by atoms with Crippen LogP contribution in [0, 0.1) is 5.92 Å². The van der Waals surface area contributed by atoms with Gasteiger partial charge in [0.1, 0.15) is 0 Å². The summed E-state index contributed by atoms with van der Waals surface area (Å²) in [5.74, 6) is 0.721. The second-order valence-corrected chi connectivity index (χ2v) is 5.35. The second-order valence-electron chi connectivity index (χ2n) is 5.35. The predicted octanol–water partition coefficient (Wildman–Crippen LogP) is 2.36. The Hall–Kier alpha value is -2.50. The van der Waals surface area contributed by atoms with Crippen molar-refractivity contribution in [3.8, 4) is 11.5 Å². The van der Waals surface area contributed by atoms with E-state index >= 15 is 0 Å². The second kappa shape index (κ2) is 7.67. The van der Waals surface area contributed by atoms with Crippen LogP contribution >= 0.6 is 0 Å².